The van der Waals surface area contributed by atoms with Crippen LogP contribution >= 0.6 is 0 Å². The van der Waals surface area contributed by atoms with Crippen molar-refractivity contribution in [2.75, 3.05) is 0 Å². The summed E-state index contributed by atoms with van der Waals surface area (Å²) in [4.78, 5) is 0. The van der Waals surface area contributed by atoms with Crippen LogP contribution in [-0.2, 0) is 6.42 Å². The second kappa shape index (κ2) is 7.05. The third-order valence-electron chi connectivity index (χ3n) is 4.67. The summed E-state index contributed by atoms with van der Waals surface area (Å²) in [6.07, 6.45) is 7.70. The molecule has 2 nitrogen and oxygen atoms in total. The first-order valence-electron chi connectivity index (χ1n) is 7.75. The quantitative estimate of drug-likeness (QED) is 0.780. The monoisotopic (exact) mass is 274 g/mol. The van der Waals surface area contributed by atoms with Gasteiger partial charge in [-0.15, -0.1) is 6.58 Å². The van der Waals surface area contributed by atoms with Crippen molar-refractivity contribution in [1.29, 1.82) is 0 Å². The smallest absolute Gasteiger partial charge is 0.111 e. The van der Waals surface area contributed by atoms with Gasteiger partial charge in [0.25, 0.3) is 0 Å². The first-order chi connectivity index (χ1) is 9.66. The van der Waals surface area contributed by atoms with Crippen LogP contribution in [0.3, 0.4) is 0 Å². The Labute approximate surface area is 122 Å². The lowest BCUT2D eigenvalue weighted by Crippen LogP contribution is -2.48. The molecule has 2 rings (SSSR count). The molecule has 1 aliphatic rings. The molecule has 2 atom stereocenters. The molecule has 1 saturated carbocycles. The van der Waals surface area contributed by atoms with Crippen molar-refractivity contribution >= 4 is 0 Å². The highest BCUT2D eigenvalue weighted by Crippen LogP contribution is 2.36. The van der Waals surface area contributed by atoms with E-state index < -0.39 is 11.7 Å². The zero-order chi connectivity index (χ0) is 14.4. The van der Waals surface area contributed by atoms with Gasteiger partial charge in [0.05, 0.1) is 6.10 Å². The van der Waals surface area contributed by atoms with Crippen molar-refractivity contribution < 1.29 is 10.2 Å². The Balaban J connectivity index is 1.97. The second-order valence-electron chi connectivity index (χ2n) is 5.97. The summed E-state index contributed by atoms with van der Waals surface area (Å²) in [6, 6.07) is 10.1. The maximum atomic E-state index is 10.8. The molecular formula is C18H26O2. The van der Waals surface area contributed by atoms with E-state index in [0.717, 1.165) is 32.1 Å². The summed E-state index contributed by atoms with van der Waals surface area (Å²) in [5.41, 5.74) is 0.0662. The molecule has 1 aliphatic carbocycles. The second-order valence-corrected chi connectivity index (χ2v) is 5.97. The fourth-order valence-electron chi connectivity index (χ4n) is 3.32. The lowest BCUT2D eigenvalue weighted by molar-refractivity contribution is -0.0894. The highest BCUT2D eigenvalue weighted by atomic mass is 16.3. The normalized spacial score (nSPS) is 21.1. The number of rotatable bonds is 6. The molecule has 20 heavy (non-hydrogen) atoms. The van der Waals surface area contributed by atoms with Gasteiger partial charge < -0.3 is 10.2 Å². The summed E-state index contributed by atoms with van der Waals surface area (Å²) in [6.45, 7) is 3.77. The minimum atomic E-state index is -1.13. The molecule has 1 aromatic rings. The van der Waals surface area contributed by atoms with Gasteiger partial charge in [-0.05, 0) is 37.2 Å². The van der Waals surface area contributed by atoms with Crippen LogP contribution in [0.25, 0.3) is 0 Å². The van der Waals surface area contributed by atoms with Crippen LogP contribution in [0, 0.1) is 5.92 Å². The van der Waals surface area contributed by atoms with E-state index in [1.165, 1.54) is 12.0 Å². The standard InChI is InChI=1S/C18H26O2/c1-2-18(20,16-11-7-4-8-12-16)17(19)14-13-15-9-5-3-6-10-15/h2-3,5-6,9-10,16-17,19-20H,1,4,7-8,11-14H2/t17-,18+/m1/s1. The summed E-state index contributed by atoms with van der Waals surface area (Å²) in [5.74, 6) is 0.152. The van der Waals surface area contributed by atoms with Crippen LogP contribution in [0.4, 0.5) is 0 Å². The number of hydrogen-bond donors (Lipinski definition) is 2. The third kappa shape index (κ3) is 3.50. The fourth-order valence-corrected chi connectivity index (χ4v) is 3.32. The van der Waals surface area contributed by atoms with Gasteiger partial charge >= 0.3 is 0 Å². The zero-order valence-corrected chi connectivity index (χ0v) is 12.2. The predicted molar refractivity (Wildman–Crippen MR) is 82.5 cm³/mol. The van der Waals surface area contributed by atoms with Crippen LogP contribution in [0.1, 0.15) is 44.1 Å². The summed E-state index contributed by atoms with van der Waals surface area (Å²) in [5, 5.41) is 21.3. The Hall–Kier alpha value is -1.12. The number of aryl methyl sites for hydroxylation is 1. The highest BCUT2D eigenvalue weighted by Gasteiger charge is 2.40. The first kappa shape index (κ1) is 15.3. The largest absolute Gasteiger partial charge is 0.390 e. The van der Waals surface area contributed by atoms with Crippen LogP contribution in [-0.4, -0.2) is 21.9 Å². The lowest BCUT2D eigenvalue weighted by atomic mass is 9.73. The van der Waals surface area contributed by atoms with Gasteiger partial charge in [0.15, 0.2) is 0 Å². The van der Waals surface area contributed by atoms with Gasteiger partial charge in [-0.2, -0.15) is 0 Å². The minimum absolute atomic E-state index is 0.152. The topological polar surface area (TPSA) is 40.5 Å². The molecule has 1 fully saturated rings. The Morgan fingerprint density at radius 2 is 1.85 bits per heavy atom. The molecule has 0 unspecified atom stereocenters. The van der Waals surface area contributed by atoms with E-state index in [1.807, 2.05) is 18.2 Å². The van der Waals surface area contributed by atoms with Gasteiger partial charge in [0.2, 0.25) is 0 Å². The molecule has 0 amide bonds. The average Bonchev–Trinajstić information content (AvgIpc) is 2.53. The van der Waals surface area contributed by atoms with E-state index in [0.29, 0.717) is 6.42 Å². The van der Waals surface area contributed by atoms with E-state index in [2.05, 4.69) is 18.7 Å². The van der Waals surface area contributed by atoms with Gasteiger partial charge in [-0.1, -0.05) is 55.7 Å². The van der Waals surface area contributed by atoms with Crippen molar-refractivity contribution in [3.8, 4) is 0 Å². The Bertz CT molecular complexity index is 409. The van der Waals surface area contributed by atoms with Crippen molar-refractivity contribution in [3.63, 3.8) is 0 Å². The molecule has 0 spiro atoms. The van der Waals surface area contributed by atoms with Crippen molar-refractivity contribution in [2.45, 2.75) is 56.7 Å². The molecule has 2 heteroatoms. The number of aliphatic hydroxyl groups excluding tert-OH is 1. The molecule has 110 valence electrons. The number of benzene rings is 1. The van der Waals surface area contributed by atoms with E-state index >= 15 is 0 Å². The SMILES string of the molecule is C=C[C@](O)(C1CCCCC1)[C@H](O)CCc1ccccc1. The maximum Gasteiger partial charge on any atom is 0.111 e. The number of hydrogen-bond acceptors (Lipinski definition) is 2. The van der Waals surface area contributed by atoms with Crippen molar-refractivity contribution in [2.24, 2.45) is 5.92 Å². The van der Waals surface area contributed by atoms with E-state index in [4.69, 9.17) is 0 Å². The van der Waals surface area contributed by atoms with Crippen LogP contribution in [0.2, 0.25) is 0 Å². The third-order valence-corrected chi connectivity index (χ3v) is 4.67. The van der Waals surface area contributed by atoms with E-state index in [1.54, 1.807) is 6.08 Å². The van der Waals surface area contributed by atoms with Crippen molar-refractivity contribution in [3.05, 3.63) is 48.6 Å². The Morgan fingerprint density at radius 1 is 1.20 bits per heavy atom. The molecule has 1 aromatic carbocycles. The van der Waals surface area contributed by atoms with Gasteiger partial charge in [-0.3, -0.25) is 0 Å². The molecule has 0 bridgehead atoms. The molecule has 0 saturated heterocycles. The fraction of sp³-hybridized carbons (Fsp3) is 0.556. The first-order valence-corrected chi connectivity index (χ1v) is 7.75. The highest BCUT2D eigenvalue weighted by molar-refractivity contribution is 5.15. The van der Waals surface area contributed by atoms with E-state index in [9.17, 15) is 10.2 Å². The maximum absolute atomic E-state index is 10.8. The van der Waals surface area contributed by atoms with Crippen LogP contribution in [0.5, 0.6) is 0 Å². The molecule has 2 N–H and O–H groups in total. The summed E-state index contributed by atoms with van der Waals surface area (Å²) < 4.78 is 0. The Kier molecular flexibility index (Phi) is 5.38. The zero-order valence-electron chi connectivity index (χ0n) is 12.2. The molecule has 0 aliphatic heterocycles. The minimum Gasteiger partial charge on any atom is -0.390 e. The molecular weight excluding hydrogens is 248 g/mol. The average molecular weight is 274 g/mol. The van der Waals surface area contributed by atoms with Crippen molar-refractivity contribution in [1.82, 2.24) is 0 Å². The van der Waals surface area contributed by atoms with Gasteiger partial charge in [0.1, 0.15) is 5.60 Å². The van der Waals surface area contributed by atoms with E-state index in [-0.39, 0.29) is 5.92 Å². The lowest BCUT2D eigenvalue weighted by Gasteiger charge is -2.39. The van der Waals surface area contributed by atoms with Gasteiger partial charge in [0, 0.05) is 0 Å². The molecule has 0 aromatic heterocycles. The predicted octanol–water partition coefficient (Wildman–Crippen LogP) is 3.48. The van der Waals surface area contributed by atoms with Gasteiger partial charge in [-0.25, -0.2) is 0 Å². The summed E-state index contributed by atoms with van der Waals surface area (Å²) >= 11 is 0. The van der Waals surface area contributed by atoms with Crippen LogP contribution < -0.4 is 0 Å². The molecule has 0 radical (unpaired) electrons. The molecule has 0 heterocycles. The Morgan fingerprint density at radius 3 is 2.45 bits per heavy atom. The summed E-state index contributed by atoms with van der Waals surface area (Å²) in [7, 11) is 0. The number of aliphatic hydroxyl groups is 2. The van der Waals surface area contributed by atoms with Crippen LogP contribution in [0.15, 0.2) is 43.0 Å².